The van der Waals surface area contributed by atoms with E-state index in [2.05, 4.69) is 5.32 Å². The summed E-state index contributed by atoms with van der Waals surface area (Å²) in [6.07, 6.45) is 0.709. The van der Waals surface area contributed by atoms with Gasteiger partial charge in [-0.1, -0.05) is 30.3 Å². The van der Waals surface area contributed by atoms with E-state index >= 15 is 0 Å². The molecule has 4 aromatic rings. The summed E-state index contributed by atoms with van der Waals surface area (Å²) >= 11 is 0. The van der Waals surface area contributed by atoms with E-state index in [1.807, 2.05) is 50.2 Å². The Morgan fingerprint density at radius 3 is 2.38 bits per heavy atom. The highest BCUT2D eigenvalue weighted by molar-refractivity contribution is 5.84. The maximum atomic E-state index is 13.4. The summed E-state index contributed by atoms with van der Waals surface area (Å²) in [5.41, 5.74) is 3.93. The zero-order valence-electron chi connectivity index (χ0n) is 19.5. The summed E-state index contributed by atoms with van der Waals surface area (Å²) in [6.45, 7) is 4.08. The molecular weight excluding hydrogens is 430 g/mol. The molecule has 3 aromatic carbocycles. The van der Waals surface area contributed by atoms with E-state index in [0.29, 0.717) is 35.2 Å². The van der Waals surface area contributed by atoms with Crippen molar-refractivity contribution in [2.75, 3.05) is 20.3 Å². The van der Waals surface area contributed by atoms with Crippen LogP contribution in [-0.2, 0) is 11.2 Å². The normalized spacial score (nSPS) is 10.8. The van der Waals surface area contributed by atoms with Crippen LogP contribution < -0.4 is 20.2 Å². The Morgan fingerprint density at radius 1 is 0.971 bits per heavy atom. The molecule has 6 heteroatoms. The van der Waals surface area contributed by atoms with Gasteiger partial charge < -0.3 is 19.2 Å². The molecule has 0 bridgehead atoms. The first-order chi connectivity index (χ1) is 16.5. The van der Waals surface area contributed by atoms with Gasteiger partial charge in [0.25, 0.3) is 5.91 Å². The molecule has 34 heavy (non-hydrogen) atoms. The van der Waals surface area contributed by atoms with Gasteiger partial charge in [-0.2, -0.15) is 0 Å². The lowest BCUT2D eigenvalue weighted by Gasteiger charge is -2.13. The van der Waals surface area contributed by atoms with Crippen LogP contribution in [0.2, 0.25) is 0 Å². The average Bonchev–Trinajstić information content (AvgIpc) is 2.85. The van der Waals surface area contributed by atoms with E-state index in [1.165, 1.54) is 0 Å². The molecule has 0 saturated carbocycles. The number of amides is 1. The highest BCUT2D eigenvalue weighted by Crippen LogP contribution is 2.32. The molecule has 174 valence electrons. The number of hydrogen-bond donors (Lipinski definition) is 1. The fourth-order valence-electron chi connectivity index (χ4n) is 3.68. The van der Waals surface area contributed by atoms with E-state index in [0.717, 1.165) is 16.7 Å². The van der Waals surface area contributed by atoms with Crippen molar-refractivity contribution >= 4 is 16.9 Å². The second-order valence-corrected chi connectivity index (χ2v) is 8.12. The molecule has 0 aliphatic rings. The molecule has 0 atom stereocenters. The Morgan fingerprint density at radius 2 is 1.68 bits per heavy atom. The van der Waals surface area contributed by atoms with Crippen LogP contribution >= 0.6 is 0 Å². The van der Waals surface area contributed by atoms with E-state index in [1.54, 1.807) is 37.4 Å². The molecule has 0 spiro atoms. The minimum Gasteiger partial charge on any atom is -0.497 e. The van der Waals surface area contributed by atoms with Crippen LogP contribution in [0, 0.1) is 13.8 Å². The number of nitrogens with one attached hydrogen (secondary N) is 1. The molecule has 0 fully saturated rings. The van der Waals surface area contributed by atoms with Gasteiger partial charge in [0.15, 0.2) is 12.4 Å². The number of benzene rings is 3. The monoisotopic (exact) mass is 457 g/mol. The molecule has 1 amide bonds. The number of ether oxygens (including phenoxy) is 2. The number of rotatable bonds is 8. The van der Waals surface area contributed by atoms with E-state index < -0.39 is 0 Å². The van der Waals surface area contributed by atoms with Crippen LogP contribution in [0.3, 0.4) is 0 Å². The molecule has 6 nitrogen and oxygen atoms in total. The minimum atomic E-state index is -0.313. The van der Waals surface area contributed by atoms with E-state index in [9.17, 15) is 9.59 Å². The lowest BCUT2D eigenvalue weighted by molar-refractivity contribution is -0.123. The highest BCUT2D eigenvalue weighted by atomic mass is 16.5. The summed E-state index contributed by atoms with van der Waals surface area (Å²) < 4.78 is 17.1. The second-order valence-electron chi connectivity index (χ2n) is 8.12. The lowest BCUT2D eigenvalue weighted by Crippen LogP contribution is -2.31. The van der Waals surface area contributed by atoms with E-state index in [-0.39, 0.29) is 29.5 Å². The van der Waals surface area contributed by atoms with Crippen molar-refractivity contribution in [2.24, 2.45) is 0 Å². The largest absolute Gasteiger partial charge is 0.497 e. The fourth-order valence-corrected chi connectivity index (χ4v) is 3.68. The van der Waals surface area contributed by atoms with Gasteiger partial charge in [0.1, 0.15) is 11.3 Å². The Labute approximate surface area is 198 Å². The summed E-state index contributed by atoms with van der Waals surface area (Å²) in [5.74, 6) is 0.662. The van der Waals surface area contributed by atoms with Crippen LogP contribution in [0.5, 0.6) is 11.5 Å². The van der Waals surface area contributed by atoms with Crippen LogP contribution in [-0.4, -0.2) is 26.2 Å². The van der Waals surface area contributed by atoms with Crippen molar-refractivity contribution in [3.63, 3.8) is 0 Å². The molecule has 0 unspecified atom stereocenters. The fraction of sp³-hybridized carbons (Fsp3) is 0.214. The predicted molar refractivity (Wildman–Crippen MR) is 133 cm³/mol. The Kier molecular flexibility index (Phi) is 6.97. The van der Waals surface area contributed by atoms with Crippen LogP contribution in [0.25, 0.3) is 22.3 Å². The summed E-state index contributed by atoms with van der Waals surface area (Å²) in [5, 5.41) is 3.25. The van der Waals surface area contributed by atoms with Crippen molar-refractivity contribution in [2.45, 2.75) is 20.3 Å². The van der Waals surface area contributed by atoms with Gasteiger partial charge in [-0.3, -0.25) is 9.59 Å². The number of carbonyl (C=O) groups excluding carboxylic acids is 1. The average molecular weight is 458 g/mol. The molecular formula is C28H27NO5. The van der Waals surface area contributed by atoms with Gasteiger partial charge in [-0.25, -0.2) is 0 Å². The van der Waals surface area contributed by atoms with Gasteiger partial charge in [0.05, 0.1) is 12.5 Å². The van der Waals surface area contributed by atoms with Gasteiger partial charge in [-0.05, 0) is 73.4 Å². The number of fused-ring (bicyclic) bond motifs is 1. The number of carbonyl (C=O) groups is 1. The summed E-state index contributed by atoms with van der Waals surface area (Å²) in [4.78, 5) is 25.8. The van der Waals surface area contributed by atoms with Crippen molar-refractivity contribution < 1.29 is 18.7 Å². The Balaban J connectivity index is 1.60. The SMILES string of the molecule is COc1ccc(-c2oc3cc(C)c(C)cc3c(=O)c2OCC(=O)NCCc2ccccc2)cc1. The predicted octanol–water partition coefficient (Wildman–Crippen LogP) is 4.82. The van der Waals surface area contributed by atoms with Crippen LogP contribution in [0.1, 0.15) is 16.7 Å². The van der Waals surface area contributed by atoms with E-state index in [4.69, 9.17) is 13.9 Å². The van der Waals surface area contributed by atoms with Gasteiger partial charge in [0, 0.05) is 12.1 Å². The maximum Gasteiger partial charge on any atom is 0.257 e. The smallest absolute Gasteiger partial charge is 0.257 e. The molecule has 0 aliphatic heterocycles. The third kappa shape index (κ3) is 5.12. The lowest BCUT2D eigenvalue weighted by atomic mass is 10.0. The second kappa shape index (κ2) is 10.3. The first-order valence-electron chi connectivity index (χ1n) is 11.1. The zero-order valence-corrected chi connectivity index (χ0v) is 19.5. The number of methoxy groups -OCH3 is 1. The highest BCUT2D eigenvalue weighted by Gasteiger charge is 2.19. The number of hydrogen-bond acceptors (Lipinski definition) is 5. The standard InChI is InChI=1S/C28H27NO5/c1-18-15-23-24(16-19(18)2)34-27(21-9-11-22(32-3)12-10-21)28(26(23)31)33-17-25(30)29-14-13-20-7-5-4-6-8-20/h4-12,15-16H,13-14,17H2,1-3H3,(H,29,30). The van der Waals surface area contributed by atoms with Gasteiger partial charge >= 0.3 is 0 Å². The molecule has 0 aliphatic carbocycles. The van der Waals surface area contributed by atoms with Gasteiger partial charge in [0.2, 0.25) is 11.2 Å². The molecule has 1 heterocycles. The molecule has 0 saturated heterocycles. The van der Waals surface area contributed by atoms with Crippen molar-refractivity contribution in [3.05, 3.63) is 93.6 Å². The Bertz CT molecular complexity index is 1360. The van der Waals surface area contributed by atoms with Gasteiger partial charge in [-0.15, -0.1) is 0 Å². The third-order valence-corrected chi connectivity index (χ3v) is 5.74. The number of aryl methyl sites for hydroxylation is 2. The molecule has 1 aromatic heterocycles. The van der Waals surface area contributed by atoms with Crippen LogP contribution in [0.4, 0.5) is 0 Å². The van der Waals surface area contributed by atoms with Crippen LogP contribution in [0.15, 0.2) is 75.9 Å². The first-order valence-corrected chi connectivity index (χ1v) is 11.1. The molecule has 4 rings (SSSR count). The third-order valence-electron chi connectivity index (χ3n) is 5.74. The van der Waals surface area contributed by atoms with Crippen molar-refractivity contribution in [1.29, 1.82) is 0 Å². The quantitative estimate of drug-likeness (QED) is 0.410. The minimum absolute atomic E-state index is 0.0131. The summed E-state index contributed by atoms with van der Waals surface area (Å²) in [7, 11) is 1.58. The topological polar surface area (TPSA) is 77.8 Å². The van der Waals surface area contributed by atoms with Crippen molar-refractivity contribution in [3.8, 4) is 22.8 Å². The molecule has 1 N–H and O–H groups in total. The molecule has 0 radical (unpaired) electrons. The van der Waals surface area contributed by atoms with Crippen molar-refractivity contribution in [1.82, 2.24) is 5.32 Å². The summed E-state index contributed by atoms with van der Waals surface area (Å²) in [6, 6.07) is 20.7. The zero-order chi connectivity index (χ0) is 24.1. The maximum absolute atomic E-state index is 13.4. The Hall–Kier alpha value is -4.06. The first kappa shape index (κ1) is 23.1.